The highest BCUT2D eigenvalue weighted by molar-refractivity contribution is 8.13. The molecule has 0 aliphatic rings. The summed E-state index contributed by atoms with van der Waals surface area (Å²) in [5, 5.41) is 13.1. The van der Waals surface area contributed by atoms with E-state index in [1.807, 2.05) is 0 Å². The van der Waals surface area contributed by atoms with Gasteiger partial charge in [0.1, 0.15) is 5.15 Å². The molecule has 0 saturated carbocycles. The minimum atomic E-state index is -0.831. The normalized spacial score (nSPS) is 11.2. The predicted octanol–water partition coefficient (Wildman–Crippen LogP) is 1.99. The number of amides is 1. The zero-order valence-corrected chi connectivity index (χ0v) is 11.8. The highest BCUT2D eigenvalue weighted by atomic mass is 35.5. The molecule has 0 unspecified atom stereocenters. The van der Waals surface area contributed by atoms with Crippen molar-refractivity contribution in [1.29, 1.82) is 0 Å². The summed E-state index contributed by atoms with van der Waals surface area (Å²) >= 11 is 6.68. The molecule has 0 saturated heterocycles. The van der Waals surface area contributed by atoms with E-state index in [1.54, 1.807) is 18.4 Å². The van der Waals surface area contributed by atoms with E-state index >= 15 is 0 Å². The van der Waals surface area contributed by atoms with E-state index in [0.717, 1.165) is 11.8 Å². The van der Waals surface area contributed by atoms with Gasteiger partial charge in [-0.3, -0.25) is 9.69 Å². The number of hydrogen-bond acceptors (Lipinski definition) is 5. The summed E-state index contributed by atoms with van der Waals surface area (Å²) in [6.45, 7) is 1.46. The van der Waals surface area contributed by atoms with Gasteiger partial charge in [-0.05, 0) is 17.9 Å². The van der Waals surface area contributed by atoms with E-state index < -0.39 is 5.03 Å². The Morgan fingerprint density at radius 3 is 2.74 bits per heavy atom. The van der Waals surface area contributed by atoms with Gasteiger partial charge in [0.05, 0.1) is 11.6 Å². The molecule has 0 aliphatic carbocycles. The van der Waals surface area contributed by atoms with Crippen LogP contribution in [0.3, 0.4) is 0 Å². The number of hydrogen-bond donors (Lipinski definition) is 0. The van der Waals surface area contributed by atoms with Crippen LogP contribution in [0.25, 0.3) is 0 Å². The van der Waals surface area contributed by atoms with Crippen LogP contribution in [-0.2, 0) is 11.3 Å². The summed E-state index contributed by atoms with van der Waals surface area (Å²) in [4.78, 5) is 27.1. The van der Waals surface area contributed by atoms with Crippen molar-refractivity contribution in [2.45, 2.75) is 13.5 Å². The lowest BCUT2D eigenvalue weighted by molar-refractivity contribution is -0.485. The van der Waals surface area contributed by atoms with Crippen molar-refractivity contribution >= 4 is 34.4 Å². The van der Waals surface area contributed by atoms with Crippen molar-refractivity contribution in [2.24, 2.45) is 5.10 Å². The van der Waals surface area contributed by atoms with Crippen LogP contribution >= 0.6 is 23.4 Å². The maximum Gasteiger partial charge on any atom is 0.244 e. The van der Waals surface area contributed by atoms with Crippen molar-refractivity contribution in [3.05, 3.63) is 39.2 Å². The number of aromatic nitrogens is 1. The molecule has 102 valence electrons. The van der Waals surface area contributed by atoms with Crippen LogP contribution in [-0.4, -0.2) is 32.2 Å². The first kappa shape index (κ1) is 15.4. The minimum absolute atomic E-state index is 0.0208. The Balaban J connectivity index is 2.98. The summed E-state index contributed by atoms with van der Waals surface area (Å²) in [6, 6.07) is 3.27. The number of carbonyl (C=O) groups excluding carboxylic acids is 1. The molecule has 0 atom stereocenters. The smallest absolute Gasteiger partial charge is 0.244 e. The van der Waals surface area contributed by atoms with Crippen LogP contribution < -0.4 is 0 Å². The zero-order chi connectivity index (χ0) is 14.4. The average molecular weight is 303 g/mol. The third-order valence-corrected chi connectivity index (χ3v) is 2.98. The monoisotopic (exact) mass is 302 g/mol. The Morgan fingerprint density at radius 2 is 2.32 bits per heavy atom. The molecule has 0 spiro atoms. The number of carbonyl (C=O) groups is 1. The van der Waals surface area contributed by atoms with Gasteiger partial charge in [-0.1, -0.05) is 29.4 Å². The molecule has 1 amide bonds. The fraction of sp³-hybridized carbons (Fsp3) is 0.300. The second kappa shape index (κ2) is 7.05. The molecule has 7 nitrogen and oxygen atoms in total. The first-order chi connectivity index (χ1) is 8.93. The highest BCUT2D eigenvalue weighted by Gasteiger charge is 2.19. The molecule has 1 aromatic rings. The van der Waals surface area contributed by atoms with E-state index in [-0.39, 0.29) is 17.6 Å². The lowest BCUT2D eigenvalue weighted by Gasteiger charge is -2.19. The van der Waals surface area contributed by atoms with Crippen LogP contribution in [0, 0.1) is 10.1 Å². The van der Waals surface area contributed by atoms with Crippen LogP contribution in [0.4, 0.5) is 0 Å². The van der Waals surface area contributed by atoms with Crippen molar-refractivity contribution in [3.8, 4) is 0 Å². The van der Waals surface area contributed by atoms with Gasteiger partial charge in [-0.15, -0.1) is 0 Å². The number of thioether (sulfide) groups is 1. The summed E-state index contributed by atoms with van der Waals surface area (Å²) in [6.07, 6.45) is 3.11. The largest absolute Gasteiger partial charge is 0.282 e. The molecular formula is C10H11ClN4O3S. The Bertz CT molecular complexity index is 506. The molecule has 19 heavy (non-hydrogen) atoms. The lowest BCUT2D eigenvalue weighted by Crippen LogP contribution is -2.33. The van der Waals surface area contributed by atoms with E-state index in [4.69, 9.17) is 11.6 Å². The Hall–Kier alpha value is -1.67. The zero-order valence-electron chi connectivity index (χ0n) is 10.2. The maximum absolute atomic E-state index is 11.6. The highest BCUT2D eigenvalue weighted by Crippen LogP contribution is 2.13. The first-order valence-electron chi connectivity index (χ1n) is 5.09. The third-order valence-electron chi connectivity index (χ3n) is 2.09. The molecule has 1 heterocycles. The number of halogens is 1. The van der Waals surface area contributed by atoms with Crippen LogP contribution in [0.15, 0.2) is 23.4 Å². The summed E-state index contributed by atoms with van der Waals surface area (Å²) in [5.41, 5.74) is 0.699. The number of pyridine rings is 1. The standard InChI is InChI=1S/C10H11ClN4O3S/c1-7(16)14(10(19-2)13-15(17)18)6-8-3-4-9(11)12-5-8/h3-5H,6H2,1-2H3. The van der Waals surface area contributed by atoms with Gasteiger partial charge < -0.3 is 0 Å². The number of nitro groups is 1. The molecule has 0 bridgehead atoms. The van der Waals surface area contributed by atoms with Gasteiger partial charge in [0.15, 0.2) is 5.03 Å². The Kier molecular flexibility index (Phi) is 5.71. The average Bonchev–Trinajstić information content (AvgIpc) is 2.35. The van der Waals surface area contributed by atoms with Gasteiger partial charge in [0.25, 0.3) is 0 Å². The minimum Gasteiger partial charge on any atom is -0.282 e. The van der Waals surface area contributed by atoms with Crippen LogP contribution in [0.5, 0.6) is 0 Å². The molecule has 1 aromatic heterocycles. The predicted molar refractivity (Wildman–Crippen MR) is 73.4 cm³/mol. The SMILES string of the molecule is CSC(=N[N+](=O)[O-])N(Cc1ccc(Cl)nc1)C(C)=O. The van der Waals surface area contributed by atoms with E-state index in [9.17, 15) is 14.9 Å². The number of nitrogens with zero attached hydrogens (tertiary/aromatic N) is 4. The third kappa shape index (κ3) is 4.84. The van der Waals surface area contributed by atoms with Crippen molar-refractivity contribution in [3.63, 3.8) is 0 Å². The quantitative estimate of drug-likeness (QED) is 0.280. The Morgan fingerprint density at radius 1 is 1.63 bits per heavy atom. The van der Waals surface area contributed by atoms with Gasteiger partial charge >= 0.3 is 0 Å². The molecular weight excluding hydrogens is 292 g/mol. The molecule has 0 N–H and O–H groups in total. The first-order valence-corrected chi connectivity index (χ1v) is 6.70. The van der Waals surface area contributed by atoms with Gasteiger partial charge in [0.2, 0.25) is 11.1 Å². The van der Waals surface area contributed by atoms with Gasteiger partial charge in [0, 0.05) is 13.1 Å². The molecule has 1 rings (SSSR count). The van der Waals surface area contributed by atoms with Gasteiger partial charge in [-0.2, -0.15) is 0 Å². The molecule has 0 fully saturated rings. The Labute approximate surface area is 118 Å². The maximum atomic E-state index is 11.6. The van der Waals surface area contributed by atoms with E-state index in [0.29, 0.717) is 10.7 Å². The van der Waals surface area contributed by atoms with Crippen molar-refractivity contribution in [2.75, 3.05) is 6.26 Å². The summed E-state index contributed by atoms with van der Waals surface area (Å²) in [5.74, 6) is -0.343. The van der Waals surface area contributed by atoms with Gasteiger partial charge in [-0.25, -0.2) is 15.1 Å². The molecule has 0 radical (unpaired) electrons. The second-order valence-electron chi connectivity index (χ2n) is 3.42. The molecule has 9 heteroatoms. The van der Waals surface area contributed by atoms with Crippen LogP contribution in [0.1, 0.15) is 12.5 Å². The summed E-state index contributed by atoms with van der Waals surface area (Å²) < 4.78 is 0. The van der Waals surface area contributed by atoms with Crippen molar-refractivity contribution < 1.29 is 9.83 Å². The number of amidine groups is 1. The van der Waals surface area contributed by atoms with Crippen LogP contribution in [0.2, 0.25) is 5.15 Å². The number of rotatable bonds is 3. The molecule has 0 aliphatic heterocycles. The number of hydrazone groups is 1. The fourth-order valence-corrected chi connectivity index (χ4v) is 1.94. The molecule has 0 aromatic carbocycles. The topological polar surface area (TPSA) is 88.7 Å². The fourth-order valence-electron chi connectivity index (χ4n) is 1.27. The van der Waals surface area contributed by atoms with Crippen molar-refractivity contribution in [1.82, 2.24) is 9.88 Å². The van der Waals surface area contributed by atoms with E-state index in [1.165, 1.54) is 18.0 Å². The summed E-state index contributed by atoms with van der Waals surface area (Å²) in [7, 11) is 0. The lowest BCUT2D eigenvalue weighted by atomic mass is 10.3. The second-order valence-corrected chi connectivity index (χ2v) is 4.58. The van der Waals surface area contributed by atoms with E-state index in [2.05, 4.69) is 10.1 Å².